The third kappa shape index (κ3) is 10.6. The summed E-state index contributed by atoms with van der Waals surface area (Å²) in [5.41, 5.74) is 2.24. The van der Waals surface area contributed by atoms with Gasteiger partial charge in [-0.05, 0) is 63.8 Å². The third-order valence-electron chi connectivity index (χ3n) is 6.37. The number of para-hydroxylation sites is 1. The van der Waals surface area contributed by atoms with E-state index in [0.717, 1.165) is 48.8 Å². The Hall–Kier alpha value is -3.06. The average Bonchev–Trinajstić information content (AvgIpc) is 2.86. The SMILES string of the molecule is CCCCCCCCN(C(=O)CNC(=O)OC(C)(C)C)C(C(=O)Nc1c(C)cccc1Cl)c1ccccc1C. The molecule has 0 bridgehead atoms. The van der Waals surface area contributed by atoms with Crippen LogP contribution in [0.25, 0.3) is 0 Å². The van der Waals surface area contributed by atoms with Crippen molar-refractivity contribution in [3.63, 3.8) is 0 Å². The molecule has 0 aromatic heterocycles. The Balaban J connectivity index is 2.38. The van der Waals surface area contributed by atoms with Gasteiger partial charge in [0.1, 0.15) is 18.2 Å². The number of carbonyl (C=O) groups excluding carboxylic acids is 3. The molecule has 0 aliphatic heterocycles. The van der Waals surface area contributed by atoms with Crippen LogP contribution in [0.5, 0.6) is 0 Å². The Bertz CT molecular complexity index is 1090. The molecule has 0 aliphatic rings. The second kappa shape index (κ2) is 15.5. The van der Waals surface area contributed by atoms with E-state index in [9.17, 15) is 14.4 Å². The van der Waals surface area contributed by atoms with Gasteiger partial charge in [-0.1, -0.05) is 87.0 Å². The normalized spacial score (nSPS) is 12.0. The molecule has 0 heterocycles. The molecule has 3 amide bonds. The topological polar surface area (TPSA) is 87.7 Å². The number of rotatable bonds is 13. The first-order valence-corrected chi connectivity index (χ1v) is 14.2. The molecular weight excluding hydrogens is 514 g/mol. The molecule has 1 atom stereocenters. The van der Waals surface area contributed by atoms with Crippen molar-refractivity contribution in [3.8, 4) is 0 Å². The molecule has 2 aromatic rings. The molecule has 1 unspecified atom stereocenters. The average molecular weight is 558 g/mol. The van der Waals surface area contributed by atoms with Gasteiger partial charge in [-0.3, -0.25) is 9.59 Å². The number of hydrogen-bond donors (Lipinski definition) is 2. The fraction of sp³-hybridized carbons (Fsp3) is 0.516. The highest BCUT2D eigenvalue weighted by atomic mass is 35.5. The van der Waals surface area contributed by atoms with Gasteiger partial charge in [0.25, 0.3) is 5.91 Å². The summed E-state index contributed by atoms with van der Waals surface area (Å²) in [4.78, 5) is 41.4. The van der Waals surface area contributed by atoms with Crippen LogP contribution in [0.4, 0.5) is 10.5 Å². The van der Waals surface area contributed by atoms with Gasteiger partial charge >= 0.3 is 6.09 Å². The zero-order valence-corrected chi connectivity index (χ0v) is 25.0. The molecule has 0 spiro atoms. The van der Waals surface area contributed by atoms with Crippen molar-refractivity contribution in [2.75, 3.05) is 18.4 Å². The van der Waals surface area contributed by atoms with E-state index in [1.807, 2.05) is 50.2 Å². The first kappa shape index (κ1) is 32.2. The number of anilines is 1. The van der Waals surface area contributed by atoms with E-state index in [1.165, 1.54) is 6.42 Å². The Morgan fingerprint density at radius 2 is 1.56 bits per heavy atom. The third-order valence-corrected chi connectivity index (χ3v) is 6.68. The molecule has 7 nitrogen and oxygen atoms in total. The predicted octanol–water partition coefficient (Wildman–Crippen LogP) is 7.35. The van der Waals surface area contributed by atoms with Gasteiger partial charge in [0.05, 0.1) is 10.7 Å². The molecule has 39 heavy (non-hydrogen) atoms. The van der Waals surface area contributed by atoms with Crippen molar-refractivity contribution < 1.29 is 19.1 Å². The van der Waals surface area contributed by atoms with Crippen LogP contribution in [0, 0.1) is 13.8 Å². The van der Waals surface area contributed by atoms with Gasteiger partial charge in [-0.15, -0.1) is 0 Å². The smallest absolute Gasteiger partial charge is 0.408 e. The summed E-state index contributed by atoms with van der Waals surface area (Å²) in [6.07, 6.45) is 5.52. The summed E-state index contributed by atoms with van der Waals surface area (Å²) in [6.45, 7) is 11.3. The lowest BCUT2D eigenvalue weighted by molar-refractivity contribution is -0.138. The highest BCUT2D eigenvalue weighted by Gasteiger charge is 2.33. The van der Waals surface area contributed by atoms with Gasteiger partial charge in [0.15, 0.2) is 0 Å². The lowest BCUT2D eigenvalue weighted by Crippen LogP contribution is -2.47. The van der Waals surface area contributed by atoms with Crippen molar-refractivity contribution in [2.24, 2.45) is 0 Å². The van der Waals surface area contributed by atoms with Crippen LogP contribution >= 0.6 is 11.6 Å². The number of unbranched alkanes of at least 4 members (excludes halogenated alkanes) is 5. The van der Waals surface area contributed by atoms with E-state index in [2.05, 4.69) is 17.6 Å². The number of ether oxygens (including phenoxy) is 1. The number of alkyl carbamates (subject to hydrolysis) is 1. The molecule has 0 radical (unpaired) electrons. The zero-order valence-electron chi connectivity index (χ0n) is 24.2. The van der Waals surface area contributed by atoms with Crippen molar-refractivity contribution in [3.05, 3.63) is 64.2 Å². The first-order valence-electron chi connectivity index (χ1n) is 13.8. The maximum atomic E-state index is 13.9. The van der Waals surface area contributed by atoms with Crippen molar-refractivity contribution in [1.29, 1.82) is 0 Å². The molecule has 0 fully saturated rings. The van der Waals surface area contributed by atoms with Crippen LogP contribution in [0.1, 0.15) is 89.0 Å². The van der Waals surface area contributed by atoms with Crippen LogP contribution in [0.2, 0.25) is 5.02 Å². The highest BCUT2D eigenvalue weighted by Crippen LogP contribution is 2.30. The quantitative estimate of drug-likeness (QED) is 0.252. The van der Waals surface area contributed by atoms with E-state index >= 15 is 0 Å². The van der Waals surface area contributed by atoms with Crippen LogP contribution in [0.3, 0.4) is 0 Å². The van der Waals surface area contributed by atoms with Crippen LogP contribution in [-0.4, -0.2) is 41.5 Å². The minimum Gasteiger partial charge on any atom is -0.444 e. The Labute approximate surface area is 238 Å². The van der Waals surface area contributed by atoms with Gasteiger partial charge < -0.3 is 20.3 Å². The van der Waals surface area contributed by atoms with Crippen molar-refractivity contribution in [2.45, 2.75) is 91.7 Å². The summed E-state index contributed by atoms with van der Waals surface area (Å²) >= 11 is 6.42. The maximum absolute atomic E-state index is 13.9. The number of nitrogens with zero attached hydrogens (tertiary/aromatic N) is 1. The van der Waals surface area contributed by atoms with Crippen molar-refractivity contribution in [1.82, 2.24) is 10.2 Å². The fourth-order valence-electron chi connectivity index (χ4n) is 4.35. The number of benzene rings is 2. The minimum atomic E-state index is -0.912. The fourth-order valence-corrected chi connectivity index (χ4v) is 4.62. The Kier molecular flexibility index (Phi) is 12.8. The summed E-state index contributed by atoms with van der Waals surface area (Å²) in [7, 11) is 0. The minimum absolute atomic E-state index is 0.286. The van der Waals surface area contributed by atoms with Crippen LogP contribution in [0.15, 0.2) is 42.5 Å². The predicted molar refractivity (Wildman–Crippen MR) is 158 cm³/mol. The van der Waals surface area contributed by atoms with Crippen molar-refractivity contribution >= 4 is 35.2 Å². The number of halogens is 1. The molecule has 214 valence electrons. The molecule has 0 aliphatic carbocycles. The molecule has 8 heteroatoms. The summed E-state index contributed by atoms with van der Waals surface area (Å²) in [5, 5.41) is 5.96. The highest BCUT2D eigenvalue weighted by molar-refractivity contribution is 6.34. The summed E-state index contributed by atoms with van der Waals surface area (Å²) in [5.74, 6) is -0.731. The van der Waals surface area contributed by atoms with E-state index in [4.69, 9.17) is 16.3 Å². The number of hydrogen-bond acceptors (Lipinski definition) is 4. The van der Waals surface area contributed by atoms with E-state index in [0.29, 0.717) is 17.3 Å². The number of aryl methyl sites for hydroxylation is 2. The number of carbonyl (C=O) groups is 3. The maximum Gasteiger partial charge on any atom is 0.408 e. The van der Waals surface area contributed by atoms with Gasteiger partial charge in [-0.2, -0.15) is 0 Å². The molecular formula is C31H44ClN3O4. The largest absolute Gasteiger partial charge is 0.444 e. The first-order chi connectivity index (χ1) is 18.4. The lowest BCUT2D eigenvalue weighted by Gasteiger charge is -2.33. The number of nitrogens with one attached hydrogen (secondary N) is 2. The number of amides is 3. The van der Waals surface area contributed by atoms with E-state index in [-0.39, 0.29) is 18.4 Å². The van der Waals surface area contributed by atoms with Gasteiger partial charge in [-0.25, -0.2) is 4.79 Å². The molecule has 2 rings (SSSR count). The van der Waals surface area contributed by atoms with Crippen LogP contribution in [-0.2, 0) is 14.3 Å². The molecule has 0 saturated heterocycles. The molecule has 2 aromatic carbocycles. The lowest BCUT2D eigenvalue weighted by atomic mass is 9.98. The molecule has 0 saturated carbocycles. The molecule has 2 N–H and O–H groups in total. The standard InChI is InChI=1S/C31H44ClN3O4/c1-7-8-9-10-11-14-20-35(26(36)21-33-30(38)39-31(4,5)6)28(24-18-13-12-16-22(24)2)29(37)34-27-23(3)17-15-19-25(27)32/h12-13,15-19,28H,7-11,14,20-21H2,1-6H3,(H,33,38)(H,34,37). The van der Waals surface area contributed by atoms with E-state index < -0.39 is 17.7 Å². The van der Waals surface area contributed by atoms with E-state index in [1.54, 1.807) is 31.7 Å². The Morgan fingerprint density at radius 3 is 2.21 bits per heavy atom. The van der Waals surface area contributed by atoms with Gasteiger partial charge in [0.2, 0.25) is 5.91 Å². The summed E-state index contributed by atoms with van der Waals surface area (Å²) in [6, 6.07) is 12.0. The van der Waals surface area contributed by atoms with Crippen LogP contribution < -0.4 is 10.6 Å². The second-order valence-corrected chi connectivity index (χ2v) is 11.3. The second-order valence-electron chi connectivity index (χ2n) is 10.9. The monoisotopic (exact) mass is 557 g/mol. The summed E-state index contributed by atoms with van der Waals surface area (Å²) < 4.78 is 5.31. The Morgan fingerprint density at radius 1 is 0.923 bits per heavy atom. The van der Waals surface area contributed by atoms with Gasteiger partial charge in [0, 0.05) is 6.54 Å². The zero-order chi connectivity index (χ0) is 29.0.